The second kappa shape index (κ2) is 6.61. The fourth-order valence-electron chi connectivity index (χ4n) is 2.05. The molecule has 122 valence electrons. The number of esters is 1. The van der Waals surface area contributed by atoms with Crippen molar-refractivity contribution in [1.29, 1.82) is 0 Å². The second-order valence-corrected chi connectivity index (χ2v) is 5.82. The van der Waals surface area contributed by atoms with Crippen LogP contribution in [0.25, 0.3) is 0 Å². The molecule has 0 aromatic carbocycles. The van der Waals surface area contributed by atoms with Gasteiger partial charge in [0.25, 0.3) is 5.91 Å². The quantitative estimate of drug-likeness (QED) is 0.793. The average Bonchev–Trinajstić information content (AvgIpc) is 3.02. The van der Waals surface area contributed by atoms with E-state index in [0.29, 0.717) is 5.56 Å². The van der Waals surface area contributed by atoms with Crippen molar-refractivity contribution in [3.63, 3.8) is 0 Å². The molecule has 0 aliphatic rings. The largest absolute Gasteiger partial charge is 0.465 e. The third kappa shape index (κ3) is 3.39. The Kier molecular flexibility index (Phi) is 4.80. The Bertz CT molecular complexity index is 778. The topological polar surface area (TPSA) is 116 Å². The number of hydrogen-bond acceptors (Lipinski definition) is 6. The molecular weight excluding hydrogens is 320 g/mol. The van der Waals surface area contributed by atoms with Gasteiger partial charge in [0.2, 0.25) is 5.91 Å². The second-order valence-electron chi connectivity index (χ2n) is 4.79. The molecule has 0 saturated carbocycles. The summed E-state index contributed by atoms with van der Waals surface area (Å²) in [4.78, 5) is 35.7. The van der Waals surface area contributed by atoms with Crippen LogP contribution in [0.3, 0.4) is 0 Å². The Labute approximate surface area is 136 Å². The zero-order valence-corrected chi connectivity index (χ0v) is 13.7. The van der Waals surface area contributed by atoms with Crippen LogP contribution in [0.15, 0.2) is 12.3 Å². The van der Waals surface area contributed by atoms with Crippen LogP contribution in [0.2, 0.25) is 0 Å². The van der Waals surface area contributed by atoms with Crippen molar-refractivity contribution in [1.82, 2.24) is 9.78 Å². The van der Waals surface area contributed by atoms with Gasteiger partial charge in [-0.05, 0) is 25.5 Å². The fraction of sp³-hybridized carbons (Fsp3) is 0.286. The molecule has 9 heteroatoms. The molecule has 2 amide bonds. The Balaban J connectivity index is 2.29. The summed E-state index contributed by atoms with van der Waals surface area (Å²) in [5.74, 6) is -1.68. The molecule has 8 nitrogen and oxygen atoms in total. The Morgan fingerprint density at radius 1 is 1.39 bits per heavy atom. The van der Waals surface area contributed by atoms with E-state index in [9.17, 15) is 14.4 Å². The van der Waals surface area contributed by atoms with E-state index >= 15 is 0 Å². The monoisotopic (exact) mass is 336 g/mol. The van der Waals surface area contributed by atoms with Crippen LogP contribution in [0.4, 0.5) is 5.00 Å². The SMILES string of the molecule is COC(=O)c1c(NC(=O)Cn2nccc2C)sc(C(N)=O)c1C. The number of hydrogen-bond donors (Lipinski definition) is 2. The van der Waals surface area contributed by atoms with Gasteiger partial charge in [0.05, 0.1) is 17.6 Å². The number of primary amides is 1. The molecule has 0 fully saturated rings. The standard InChI is InChI=1S/C14H16N4O4S/c1-7-4-5-16-18(7)6-9(19)17-13-10(14(21)22-3)8(2)11(23-13)12(15)20/h4-5H,6H2,1-3H3,(H2,15,20)(H,17,19). The summed E-state index contributed by atoms with van der Waals surface area (Å²) in [6, 6.07) is 1.77. The summed E-state index contributed by atoms with van der Waals surface area (Å²) < 4.78 is 6.22. The molecule has 2 aromatic rings. The van der Waals surface area contributed by atoms with Crippen molar-refractivity contribution in [2.45, 2.75) is 20.4 Å². The third-order valence-corrected chi connectivity index (χ3v) is 4.46. The third-order valence-electron chi connectivity index (χ3n) is 3.24. The number of nitrogens with zero attached hydrogens (tertiary/aromatic N) is 2. The maximum atomic E-state index is 12.2. The van der Waals surface area contributed by atoms with Crippen molar-refractivity contribution >= 4 is 34.1 Å². The van der Waals surface area contributed by atoms with E-state index in [1.165, 1.54) is 11.8 Å². The molecule has 0 aliphatic carbocycles. The summed E-state index contributed by atoms with van der Waals surface area (Å²) in [5, 5.41) is 6.87. The molecule has 0 radical (unpaired) electrons. The van der Waals surface area contributed by atoms with Crippen LogP contribution < -0.4 is 11.1 Å². The first kappa shape index (κ1) is 16.7. The van der Waals surface area contributed by atoms with Crippen molar-refractivity contribution in [2.24, 2.45) is 5.73 Å². The number of nitrogens with one attached hydrogen (secondary N) is 1. The molecule has 0 unspecified atom stereocenters. The van der Waals surface area contributed by atoms with Gasteiger partial charge in [0.15, 0.2) is 0 Å². The van der Waals surface area contributed by atoms with E-state index in [1.54, 1.807) is 19.2 Å². The highest BCUT2D eigenvalue weighted by Crippen LogP contribution is 2.33. The number of nitrogens with two attached hydrogens (primary N) is 1. The molecule has 23 heavy (non-hydrogen) atoms. The first-order chi connectivity index (χ1) is 10.8. The van der Waals surface area contributed by atoms with E-state index in [2.05, 4.69) is 10.4 Å². The van der Waals surface area contributed by atoms with Gasteiger partial charge in [-0.3, -0.25) is 14.3 Å². The van der Waals surface area contributed by atoms with Gasteiger partial charge in [0, 0.05) is 11.9 Å². The molecular formula is C14H16N4O4S. The number of aromatic nitrogens is 2. The highest BCUT2D eigenvalue weighted by atomic mass is 32.1. The van der Waals surface area contributed by atoms with Gasteiger partial charge in [-0.2, -0.15) is 5.10 Å². The highest BCUT2D eigenvalue weighted by molar-refractivity contribution is 7.18. The van der Waals surface area contributed by atoms with Gasteiger partial charge in [-0.15, -0.1) is 11.3 Å². The molecule has 2 aromatic heterocycles. The molecule has 0 atom stereocenters. The Hall–Kier alpha value is -2.68. The van der Waals surface area contributed by atoms with Crippen LogP contribution in [-0.4, -0.2) is 34.7 Å². The predicted molar refractivity (Wildman–Crippen MR) is 84.5 cm³/mol. The van der Waals surface area contributed by atoms with E-state index < -0.39 is 11.9 Å². The van der Waals surface area contributed by atoms with E-state index in [-0.39, 0.29) is 27.9 Å². The van der Waals surface area contributed by atoms with Gasteiger partial charge in [-0.1, -0.05) is 0 Å². The van der Waals surface area contributed by atoms with Crippen LogP contribution in [0, 0.1) is 13.8 Å². The summed E-state index contributed by atoms with van der Waals surface area (Å²) >= 11 is 0.946. The van der Waals surface area contributed by atoms with Gasteiger partial charge in [0.1, 0.15) is 11.5 Å². The van der Waals surface area contributed by atoms with Crippen molar-refractivity contribution < 1.29 is 19.1 Å². The minimum atomic E-state index is -0.666. The number of thiophene rings is 1. The van der Waals surface area contributed by atoms with Gasteiger partial charge >= 0.3 is 5.97 Å². The maximum absolute atomic E-state index is 12.2. The molecule has 3 N–H and O–H groups in total. The van der Waals surface area contributed by atoms with Gasteiger partial charge in [-0.25, -0.2) is 4.79 Å². The number of methoxy groups -OCH3 is 1. The molecule has 2 heterocycles. The average molecular weight is 336 g/mol. The lowest BCUT2D eigenvalue weighted by atomic mass is 10.1. The van der Waals surface area contributed by atoms with E-state index in [0.717, 1.165) is 17.0 Å². The Morgan fingerprint density at radius 3 is 2.61 bits per heavy atom. The van der Waals surface area contributed by atoms with Crippen LogP contribution in [0.5, 0.6) is 0 Å². The molecule has 0 saturated heterocycles. The normalized spacial score (nSPS) is 10.4. The zero-order chi connectivity index (χ0) is 17.1. The Morgan fingerprint density at radius 2 is 2.09 bits per heavy atom. The first-order valence-corrected chi connectivity index (χ1v) is 7.46. The first-order valence-electron chi connectivity index (χ1n) is 6.65. The van der Waals surface area contributed by atoms with Crippen molar-refractivity contribution in [2.75, 3.05) is 12.4 Å². The summed E-state index contributed by atoms with van der Waals surface area (Å²) in [5.41, 5.74) is 6.64. The minimum Gasteiger partial charge on any atom is -0.465 e. The van der Waals surface area contributed by atoms with Crippen LogP contribution >= 0.6 is 11.3 Å². The number of ether oxygens (including phenoxy) is 1. The fourth-order valence-corrected chi connectivity index (χ4v) is 3.11. The lowest BCUT2D eigenvalue weighted by Gasteiger charge is -2.07. The van der Waals surface area contributed by atoms with Crippen LogP contribution in [-0.2, 0) is 16.1 Å². The molecule has 0 aliphatic heterocycles. The maximum Gasteiger partial charge on any atom is 0.341 e. The number of anilines is 1. The summed E-state index contributed by atoms with van der Waals surface area (Å²) in [6.45, 7) is 3.39. The van der Waals surface area contributed by atoms with Gasteiger partial charge < -0.3 is 15.8 Å². The van der Waals surface area contributed by atoms with E-state index in [4.69, 9.17) is 10.5 Å². The minimum absolute atomic E-state index is 0.0116. The molecule has 2 rings (SSSR count). The number of carbonyl (C=O) groups is 3. The summed E-state index contributed by atoms with van der Waals surface area (Å²) in [6.07, 6.45) is 1.59. The lowest BCUT2D eigenvalue weighted by Crippen LogP contribution is -2.21. The molecule has 0 spiro atoms. The summed E-state index contributed by atoms with van der Waals surface area (Å²) in [7, 11) is 1.22. The number of aryl methyl sites for hydroxylation is 1. The number of amides is 2. The lowest BCUT2D eigenvalue weighted by molar-refractivity contribution is -0.116. The molecule has 0 bridgehead atoms. The van der Waals surface area contributed by atoms with Crippen molar-refractivity contribution in [3.05, 3.63) is 34.0 Å². The number of rotatable bonds is 5. The highest BCUT2D eigenvalue weighted by Gasteiger charge is 2.25. The smallest absolute Gasteiger partial charge is 0.341 e. The zero-order valence-electron chi connectivity index (χ0n) is 12.9. The van der Waals surface area contributed by atoms with Crippen LogP contribution in [0.1, 0.15) is 31.3 Å². The van der Waals surface area contributed by atoms with E-state index in [1.807, 2.05) is 6.92 Å². The van der Waals surface area contributed by atoms with Crippen molar-refractivity contribution in [3.8, 4) is 0 Å². The predicted octanol–water partition coefficient (Wildman–Crippen LogP) is 1.09. The number of carbonyl (C=O) groups excluding carboxylic acids is 3.